The minimum Gasteiger partial charge on any atom is -0.396 e. The van der Waals surface area contributed by atoms with E-state index in [-0.39, 0.29) is 12.4 Å². The smallest absolute Gasteiger partial charge is 0.128 e. The van der Waals surface area contributed by atoms with E-state index in [2.05, 4.69) is 15.6 Å². The van der Waals surface area contributed by atoms with Gasteiger partial charge in [0.05, 0.1) is 12.7 Å². The van der Waals surface area contributed by atoms with Gasteiger partial charge in [-0.2, -0.15) is 0 Å². The van der Waals surface area contributed by atoms with Crippen LogP contribution in [-0.2, 0) is 13.1 Å². The molecule has 6 heteroatoms. The fraction of sp³-hybridized carbons (Fsp3) is 0.385. The lowest BCUT2D eigenvalue weighted by molar-refractivity contribution is 0.276. The number of halogens is 1. The second kappa shape index (κ2) is 6.29. The number of rotatable bonds is 6. The monoisotopic (exact) mass is 264 g/mol. The Bertz CT molecular complexity index is 541. The normalized spacial score (nSPS) is 10.7. The Morgan fingerprint density at radius 2 is 2.26 bits per heavy atom. The summed E-state index contributed by atoms with van der Waals surface area (Å²) < 4.78 is 15.0. The molecule has 102 valence electrons. The summed E-state index contributed by atoms with van der Waals surface area (Å²) >= 11 is 0. The Kier molecular flexibility index (Phi) is 4.46. The van der Waals surface area contributed by atoms with Gasteiger partial charge < -0.3 is 10.4 Å². The van der Waals surface area contributed by atoms with Gasteiger partial charge in [-0.3, -0.25) is 4.68 Å². The molecule has 0 atom stereocenters. The number of aromatic nitrogens is 3. The zero-order valence-corrected chi connectivity index (χ0v) is 10.8. The molecule has 0 aliphatic carbocycles. The summed E-state index contributed by atoms with van der Waals surface area (Å²) in [4.78, 5) is 0. The van der Waals surface area contributed by atoms with Crippen LogP contribution in [0.15, 0.2) is 24.4 Å². The van der Waals surface area contributed by atoms with Crippen molar-refractivity contribution in [3.8, 4) is 0 Å². The minimum atomic E-state index is -0.225. The lowest BCUT2D eigenvalue weighted by Gasteiger charge is -2.08. The third kappa shape index (κ3) is 3.51. The molecule has 1 heterocycles. The zero-order valence-electron chi connectivity index (χ0n) is 10.8. The maximum absolute atomic E-state index is 13.4. The fourth-order valence-electron chi connectivity index (χ4n) is 1.75. The lowest BCUT2D eigenvalue weighted by atomic mass is 10.2. The van der Waals surface area contributed by atoms with Crippen LogP contribution in [0.5, 0.6) is 0 Å². The highest BCUT2D eigenvalue weighted by atomic mass is 19.1. The molecule has 0 saturated heterocycles. The summed E-state index contributed by atoms with van der Waals surface area (Å²) in [6.45, 7) is 3.00. The van der Waals surface area contributed by atoms with Crippen molar-refractivity contribution in [2.24, 2.45) is 0 Å². The van der Waals surface area contributed by atoms with Crippen molar-refractivity contribution in [2.75, 3.05) is 11.9 Å². The second-order valence-electron chi connectivity index (χ2n) is 4.32. The molecule has 0 amide bonds. The molecule has 1 aromatic heterocycles. The Labute approximate surface area is 111 Å². The molecule has 1 aromatic carbocycles. The largest absolute Gasteiger partial charge is 0.396 e. The Hall–Kier alpha value is -1.95. The molecule has 0 spiro atoms. The van der Waals surface area contributed by atoms with Crippen molar-refractivity contribution in [3.05, 3.63) is 41.5 Å². The third-order valence-electron chi connectivity index (χ3n) is 2.86. The van der Waals surface area contributed by atoms with Crippen molar-refractivity contribution in [3.63, 3.8) is 0 Å². The van der Waals surface area contributed by atoms with Crippen LogP contribution in [0, 0.1) is 12.7 Å². The van der Waals surface area contributed by atoms with Crippen LogP contribution in [0.25, 0.3) is 0 Å². The number of aliphatic hydroxyl groups excluding tert-OH is 1. The van der Waals surface area contributed by atoms with Gasteiger partial charge >= 0.3 is 0 Å². The summed E-state index contributed by atoms with van der Waals surface area (Å²) in [5.41, 5.74) is 2.13. The van der Waals surface area contributed by atoms with Crippen molar-refractivity contribution in [2.45, 2.75) is 26.4 Å². The zero-order chi connectivity index (χ0) is 13.7. The molecule has 0 fully saturated rings. The molecule has 0 saturated carbocycles. The van der Waals surface area contributed by atoms with E-state index in [0.717, 1.165) is 11.4 Å². The number of hydrogen-bond donors (Lipinski definition) is 2. The third-order valence-corrected chi connectivity index (χ3v) is 2.86. The van der Waals surface area contributed by atoms with E-state index < -0.39 is 0 Å². The van der Waals surface area contributed by atoms with Crippen LogP contribution in [0.2, 0.25) is 0 Å². The van der Waals surface area contributed by atoms with Crippen LogP contribution in [-0.4, -0.2) is 26.7 Å². The van der Waals surface area contributed by atoms with Gasteiger partial charge in [0, 0.05) is 24.4 Å². The second-order valence-corrected chi connectivity index (χ2v) is 4.32. The standard InChI is InChI=1S/C13H17FN4O/c1-10-12(14)4-2-5-13(10)15-8-11-9-18(17-16-11)6-3-7-19/h2,4-5,9,15,19H,3,6-8H2,1H3. The molecular weight excluding hydrogens is 247 g/mol. The first kappa shape index (κ1) is 13.5. The van der Waals surface area contributed by atoms with Crippen molar-refractivity contribution in [1.29, 1.82) is 0 Å². The van der Waals surface area contributed by atoms with E-state index in [1.165, 1.54) is 6.07 Å². The first-order chi connectivity index (χ1) is 9.20. The molecule has 2 rings (SSSR count). The summed E-state index contributed by atoms with van der Waals surface area (Å²) in [7, 11) is 0. The van der Waals surface area contributed by atoms with Gasteiger partial charge in [0.2, 0.25) is 0 Å². The fourth-order valence-corrected chi connectivity index (χ4v) is 1.75. The lowest BCUT2D eigenvalue weighted by Crippen LogP contribution is -2.02. The maximum Gasteiger partial charge on any atom is 0.128 e. The highest BCUT2D eigenvalue weighted by Crippen LogP contribution is 2.17. The van der Waals surface area contributed by atoms with Crippen molar-refractivity contribution in [1.82, 2.24) is 15.0 Å². The predicted octanol–water partition coefficient (Wildman–Crippen LogP) is 1.72. The van der Waals surface area contributed by atoms with Gasteiger partial charge in [-0.25, -0.2) is 4.39 Å². The number of anilines is 1. The van der Waals surface area contributed by atoms with Gasteiger partial charge in [-0.05, 0) is 25.5 Å². The van der Waals surface area contributed by atoms with Crippen LogP contribution >= 0.6 is 0 Å². The number of hydrogen-bond acceptors (Lipinski definition) is 4. The average Bonchev–Trinajstić information content (AvgIpc) is 2.86. The first-order valence-electron chi connectivity index (χ1n) is 6.19. The molecule has 0 unspecified atom stereocenters. The van der Waals surface area contributed by atoms with Crippen LogP contribution < -0.4 is 5.32 Å². The quantitative estimate of drug-likeness (QED) is 0.834. The van der Waals surface area contributed by atoms with Gasteiger partial charge in [-0.15, -0.1) is 5.10 Å². The molecular formula is C13H17FN4O. The highest BCUT2D eigenvalue weighted by Gasteiger charge is 2.04. The van der Waals surface area contributed by atoms with E-state index in [0.29, 0.717) is 25.1 Å². The molecule has 5 nitrogen and oxygen atoms in total. The predicted molar refractivity (Wildman–Crippen MR) is 70.2 cm³/mol. The maximum atomic E-state index is 13.4. The Balaban J connectivity index is 1.95. The average molecular weight is 264 g/mol. The molecule has 19 heavy (non-hydrogen) atoms. The molecule has 0 aliphatic rings. The van der Waals surface area contributed by atoms with Crippen LogP contribution in [0.4, 0.5) is 10.1 Å². The summed E-state index contributed by atoms with van der Waals surface area (Å²) in [6, 6.07) is 4.93. The Morgan fingerprint density at radius 1 is 1.42 bits per heavy atom. The summed E-state index contributed by atoms with van der Waals surface area (Å²) in [5.74, 6) is -0.225. The summed E-state index contributed by atoms with van der Waals surface area (Å²) in [6.07, 6.45) is 2.47. The van der Waals surface area contributed by atoms with E-state index >= 15 is 0 Å². The SMILES string of the molecule is Cc1c(F)cccc1NCc1cn(CCCO)nn1. The number of benzene rings is 1. The van der Waals surface area contributed by atoms with Gasteiger partial charge in [0.25, 0.3) is 0 Å². The molecule has 2 N–H and O–H groups in total. The number of aryl methyl sites for hydroxylation is 1. The van der Waals surface area contributed by atoms with E-state index in [4.69, 9.17) is 5.11 Å². The molecule has 0 radical (unpaired) electrons. The van der Waals surface area contributed by atoms with Crippen molar-refractivity contribution < 1.29 is 9.50 Å². The first-order valence-corrected chi connectivity index (χ1v) is 6.19. The highest BCUT2D eigenvalue weighted by molar-refractivity contribution is 5.50. The van der Waals surface area contributed by atoms with Crippen LogP contribution in [0.3, 0.4) is 0 Å². The van der Waals surface area contributed by atoms with Crippen LogP contribution in [0.1, 0.15) is 17.7 Å². The van der Waals surface area contributed by atoms with Gasteiger partial charge in [0.1, 0.15) is 11.5 Å². The number of nitrogens with one attached hydrogen (secondary N) is 1. The topological polar surface area (TPSA) is 63.0 Å². The number of nitrogens with zero attached hydrogens (tertiary/aromatic N) is 3. The Morgan fingerprint density at radius 3 is 3.05 bits per heavy atom. The summed E-state index contributed by atoms with van der Waals surface area (Å²) in [5, 5.41) is 19.8. The molecule has 0 aliphatic heterocycles. The van der Waals surface area contributed by atoms with Gasteiger partial charge in [-0.1, -0.05) is 11.3 Å². The minimum absolute atomic E-state index is 0.135. The van der Waals surface area contributed by atoms with E-state index in [1.807, 2.05) is 12.3 Å². The van der Waals surface area contributed by atoms with Gasteiger partial charge in [0.15, 0.2) is 0 Å². The number of aliphatic hydroxyl groups is 1. The van der Waals surface area contributed by atoms with Crippen molar-refractivity contribution >= 4 is 5.69 Å². The molecule has 2 aromatic rings. The molecule has 0 bridgehead atoms. The van der Waals surface area contributed by atoms with E-state index in [1.54, 1.807) is 17.7 Å². The van der Waals surface area contributed by atoms with E-state index in [9.17, 15) is 4.39 Å².